The number of hydrogen-bond donors (Lipinski definition) is 2. The third-order valence-electron chi connectivity index (χ3n) is 3.91. The molecular formula is C20H16ClN3O3S. The quantitative estimate of drug-likeness (QED) is 0.561. The Morgan fingerprint density at radius 1 is 1.21 bits per heavy atom. The number of anilines is 1. The maximum Gasteiger partial charge on any atom is 0.339 e. The average molecular weight is 414 g/mol. The molecule has 8 heteroatoms. The summed E-state index contributed by atoms with van der Waals surface area (Å²) in [4.78, 5) is 32.7. The highest BCUT2D eigenvalue weighted by Crippen LogP contribution is 2.33. The first-order chi connectivity index (χ1) is 13.4. The van der Waals surface area contributed by atoms with Crippen LogP contribution in [0.2, 0.25) is 0 Å². The second-order valence-electron chi connectivity index (χ2n) is 5.97. The Balaban J connectivity index is 1.93. The molecule has 0 radical (unpaired) electrons. The summed E-state index contributed by atoms with van der Waals surface area (Å²) in [5.74, 6) is -1.73. The number of aromatic nitrogens is 2. The Morgan fingerprint density at radius 3 is 2.68 bits per heavy atom. The number of rotatable bonds is 5. The smallest absolute Gasteiger partial charge is 0.339 e. The Bertz CT molecular complexity index is 1130. The van der Waals surface area contributed by atoms with Crippen LogP contribution in [0.1, 0.15) is 40.4 Å². The lowest BCUT2D eigenvalue weighted by Gasteiger charge is -2.06. The van der Waals surface area contributed by atoms with Gasteiger partial charge in [0.1, 0.15) is 10.6 Å². The number of carbonyl (C=O) groups is 2. The average Bonchev–Trinajstić information content (AvgIpc) is 3.09. The van der Waals surface area contributed by atoms with Gasteiger partial charge in [-0.2, -0.15) is 0 Å². The number of thiophene rings is 1. The van der Waals surface area contributed by atoms with Gasteiger partial charge in [-0.05, 0) is 31.6 Å². The number of para-hydroxylation sites is 1. The minimum atomic E-state index is -1.13. The second kappa shape index (κ2) is 8.33. The third-order valence-corrected chi connectivity index (χ3v) is 4.93. The molecule has 6 nitrogen and oxygen atoms in total. The minimum Gasteiger partial charge on any atom is -0.478 e. The van der Waals surface area contributed by atoms with Crippen molar-refractivity contribution in [2.24, 2.45) is 0 Å². The zero-order valence-electron chi connectivity index (χ0n) is 15.1. The maximum atomic E-state index is 12.6. The van der Waals surface area contributed by atoms with Gasteiger partial charge in [0, 0.05) is 27.6 Å². The first kappa shape index (κ1) is 19.7. The summed E-state index contributed by atoms with van der Waals surface area (Å²) < 4.78 is 0. The monoisotopic (exact) mass is 413 g/mol. The fraction of sp³-hybridized carbons (Fsp3) is 0.100. The molecule has 28 heavy (non-hydrogen) atoms. The van der Waals surface area contributed by atoms with Crippen molar-refractivity contribution in [3.05, 3.63) is 70.0 Å². The standard InChI is InChI=1S/C20H16ClN3O3S/c1-11(7-8-12(2)21)14-10-28-19(16(14)20(26)27)24-18(25)17-22-9-13-5-3-4-6-15(13)23-17/h3-10H,1-2H3,(H,24,25)(H,26,27). The van der Waals surface area contributed by atoms with Gasteiger partial charge in [0.25, 0.3) is 5.91 Å². The summed E-state index contributed by atoms with van der Waals surface area (Å²) >= 11 is 6.96. The number of nitrogens with zero attached hydrogens (tertiary/aromatic N) is 2. The molecule has 0 aliphatic heterocycles. The van der Waals surface area contributed by atoms with Crippen LogP contribution in [0.3, 0.4) is 0 Å². The number of amides is 1. The van der Waals surface area contributed by atoms with E-state index in [2.05, 4.69) is 15.3 Å². The predicted molar refractivity (Wildman–Crippen MR) is 112 cm³/mol. The van der Waals surface area contributed by atoms with E-state index in [0.717, 1.165) is 22.3 Å². The van der Waals surface area contributed by atoms with Crippen molar-refractivity contribution in [3.8, 4) is 0 Å². The topological polar surface area (TPSA) is 92.2 Å². The summed E-state index contributed by atoms with van der Waals surface area (Å²) in [6, 6.07) is 7.29. The van der Waals surface area contributed by atoms with E-state index in [1.165, 1.54) is 0 Å². The second-order valence-corrected chi connectivity index (χ2v) is 7.44. The van der Waals surface area contributed by atoms with Gasteiger partial charge in [-0.15, -0.1) is 11.3 Å². The number of aromatic carboxylic acids is 1. The highest BCUT2D eigenvalue weighted by molar-refractivity contribution is 7.15. The van der Waals surface area contributed by atoms with Crippen molar-refractivity contribution in [2.45, 2.75) is 13.8 Å². The Morgan fingerprint density at radius 2 is 1.96 bits per heavy atom. The normalized spacial score (nSPS) is 12.2. The van der Waals surface area contributed by atoms with Gasteiger partial charge in [0.15, 0.2) is 0 Å². The van der Waals surface area contributed by atoms with Gasteiger partial charge in [0.2, 0.25) is 5.82 Å². The van der Waals surface area contributed by atoms with Gasteiger partial charge in [-0.1, -0.05) is 35.9 Å². The Kier molecular flexibility index (Phi) is 5.87. The van der Waals surface area contributed by atoms with E-state index in [0.29, 0.717) is 16.1 Å². The fourth-order valence-corrected chi connectivity index (χ4v) is 3.59. The molecule has 3 aromatic rings. The highest BCUT2D eigenvalue weighted by atomic mass is 35.5. The lowest BCUT2D eigenvalue weighted by Crippen LogP contribution is -2.16. The molecule has 1 aromatic carbocycles. The molecule has 0 saturated carbocycles. The van der Waals surface area contributed by atoms with E-state index in [1.807, 2.05) is 18.2 Å². The van der Waals surface area contributed by atoms with Gasteiger partial charge in [0.05, 0.1) is 5.52 Å². The van der Waals surface area contributed by atoms with E-state index in [4.69, 9.17) is 11.6 Å². The van der Waals surface area contributed by atoms with E-state index >= 15 is 0 Å². The molecule has 2 N–H and O–H groups in total. The molecule has 0 spiro atoms. The zero-order valence-corrected chi connectivity index (χ0v) is 16.6. The first-order valence-electron chi connectivity index (χ1n) is 8.26. The van der Waals surface area contributed by atoms with Crippen molar-refractivity contribution < 1.29 is 14.7 Å². The van der Waals surface area contributed by atoms with Crippen LogP contribution in [0.4, 0.5) is 5.00 Å². The number of carboxylic acid groups (broad SMARTS) is 1. The summed E-state index contributed by atoms with van der Waals surface area (Å²) in [6.07, 6.45) is 4.97. The number of halogens is 1. The van der Waals surface area contributed by atoms with Crippen LogP contribution in [0, 0.1) is 0 Å². The lowest BCUT2D eigenvalue weighted by atomic mass is 10.1. The van der Waals surface area contributed by atoms with Gasteiger partial charge >= 0.3 is 5.97 Å². The van der Waals surface area contributed by atoms with Gasteiger partial charge in [-0.25, -0.2) is 14.8 Å². The molecule has 3 rings (SSSR count). The van der Waals surface area contributed by atoms with Crippen LogP contribution in [0.25, 0.3) is 16.5 Å². The van der Waals surface area contributed by atoms with Crippen LogP contribution >= 0.6 is 22.9 Å². The first-order valence-corrected chi connectivity index (χ1v) is 9.51. The number of fused-ring (bicyclic) bond motifs is 1. The number of benzene rings is 1. The Hall–Kier alpha value is -3.03. The summed E-state index contributed by atoms with van der Waals surface area (Å²) in [5.41, 5.74) is 1.89. The zero-order chi connectivity index (χ0) is 20.3. The third kappa shape index (κ3) is 4.27. The number of allylic oxidation sites excluding steroid dienone is 4. The maximum absolute atomic E-state index is 12.6. The summed E-state index contributed by atoms with van der Waals surface area (Å²) in [7, 11) is 0. The molecule has 2 aromatic heterocycles. The van der Waals surface area contributed by atoms with Crippen LogP contribution < -0.4 is 5.32 Å². The van der Waals surface area contributed by atoms with Gasteiger partial charge in [-0.3, -0.25) is 4.79 Å². The van der Waals surface area contributed by atoms with Crippen LogP contribution in [-0.2, 0) is 0 Å². The Labute approximate surface area is 170 Å². The van der Waals surface area contributed by atoms with Crippen LogP contribution in [-0.4, -0.2) is 27.0 Å². The molecule has 0 aliphatic carbocycles. The lowest BCUT2D eigenvalue weighted by molar-refractivity contribution is 0.0698. The predicted octanol–water partition coefficient (Wildman–Crippen LogP) is 5.19. The summed E-state index contributed by atoms with van der Waals surface area (Å²) in [6.45, 7) is 3.51. The van der Waals surface area contributed by atoms with Crippen molar-refractivity contribution in [3.63, 3.8) is 0 Å². The molecule has 142 valence electrons. The molecule has 0 bridgehead atoms. The number of carboxylic acids is 1. The molecular weight excluding hydrogens is 398 g/mol. The van der Waals surface area contributed by atoms with Crippen molar-refractivity contribution in [2.75, 3.05) is 5.32 Å². The molecule has 2 heterocycles. The molecule has 0 atom stereocenters. The molecule has 0 fully saturated rings. The SMILES string of the molecule is CC(Cl)=CC=C(C)c1csc(NC(=O)c2ncc3ccccc3n2)c1C(=O)O. The molecule has 0 saturated heterocycles. The molecule has 0 unspecified atom stereocenters. The number of carbonyl (C=O) groups excluding carboxylic acids is 1. The van der Waals surface area contributed by atoms with Crippen molar-refractivity contribution in [1.29, 1.82) is 0 Å². The molecule has 1 amide bonds. The van der Waals surface area contributed by atoms with Crippen molar-refractivity contribution >= 4 is 56.3 Å². The van der Waals surface area contributed by atoms with E-state index in [9.17, 15) is 14.7 Å². The minimum absolute atomic E-state index is 0.0218. The highest BCUT2D eigenvalue weighted by Gasteiger charge is 2.22. The van der Waals surface area contributed by atoms with E-state index in [-0.39, 0.29) is 16.4 Å². The molecule has 0 aliphatic rings. The largest absolute Gasteiger partial charge is 0.478 e. The summed E-state index contributed by atoms with van der Waals surface area (Å²) in [5, 5.41) is 15.6. The van der Waals surface area contributed by atoms with E-state index in [1.54, 1.807) is 43.6 Å². The van der Waals surface area contributed by atoms with Crippen LogP contribution in [0.5, 0.6) is 0 Å². The number of nitrogens with one attached hydrogen (secondary N) is 1. The van der Waals surface area contributed by atoms with Gasteiger partial charge < -0.3 is 10.4 Å². The van der Waals surface area contributed by atoms with Crippen LogP contribution in [0.15, 0.2) is 53.0 Å². The number of hydrogen-bond acceptors (Lipinski definition) is 5. The fourth-order valence-electron chi connectivity index (χ4n) is 2.52. The van der Waals surface area contributed by atoms with E-state index < -0.39 is 11.9 Å². The van der Waals surface area contributed by atoms with Crippen molar-refractivity contribution in [1.82, 2.24) is 9.97 Å².